The van der Waals surface area contributed by atoms with Crippen LogP contribution in [0.3, 0.4) is 0 Å². The zero-order valence-electron chi connectivity index (χ0n) is 15.3. The molecule has 0 radical (unpaired) electrons. The number of nitrogens with two attached hydrogens (primary N) is 1. The number of hydrogen-bond donors (Lipinski definition) is 1. The summed E-state index contributed by atoms with van der Waals surface area (Å²) >= 11 is 5.66. The van der Waals surface area contributed by atoms with E-state index in [9.17, 15) is 10.1 Å². The van der Waals surface area contributed by atoms with Crippen LogP contribution in [0.4, 0.5) is 0 Å². The molecule has 0 saturated heterocycles. The van der Waals surface area contributed by atoms with Gasteiger partial charge < -0.3 is 19.9 Å². The molecule has 1 aliphatic rings. The maximum Gasteiger partial charge on any atom is 0.338 e. The van der Waals surface area contributed by atoms with Gasteiger partial charge in [0.2, 0.25) is 5.88 Å². The third kappa shape index (κ3) is 4.58. The number of halogens is 2. The molecule has 1 heterocycles. The van der Waals surface area contributed by atoms with Crippen molar-refractivity contribution in [1.29, 1.82) is 5.26 Å². The Kier molecular flexibility index (Phi) is 7.56. The molecule has 0 fully saturated rings. The highest BCUT2D eigenvalue weighted by Crippen LogP contribution is 2.45. The van der Waals surface area contributed by atoms with Crippen molar-refractivity contribution < 1.29 is 19.0 Å². The molecule has 0 amide bonds. The second kappa shape index (κ2) is 9.46. The number of benzene rings is 1. The van der Waals surface area contributed by atoms with Crippen LogP contribution in [0.15, 0.2) is 39.4 Å². The molecule has 6 nitrogen and oxygen atoms in total. The third-order valence-electron chi connectivity index (χ3n) is 3.90. The molecule has 1 aliphatic heterocycles. The first-order valence-electron chi connectivity index (χ1n) is 8.42. The number of hydrogen-bond acceptors (Lipinski definition) is 6. The first-order valence-corrected chi connectivity index (χ1v) is 10.3. The van der Waals surface area contributed by atoms with E-state index in [1.165, 1.54) is 0 Å². The Hall–Kier alpha value is -1.73. The molecule has 1 atom stereocenters. The summed E-state index contributed by atoms with van der Waals surface area (Å²) in [5, 5.41) is 9.72. The van der Waals surface area contributed by atoms with Gasteiger partial charge in [-0.2, -0.15) is 5.26 Å². The minimum Gasteiger partial charge on any atom is -0.492 e. The highest BCUT2D eigenvalue weighted by molar-refractivity contribution is 14.1. The van der Waals surface area contributed by atoms with Crippen molar-refractivity contribution in [2.75, 3.05) is 13.2 Å². The van der Waals surface area contributed by atoms with E-state index in [1.54, 1.807) is 13.8 Å². The summed E-state index contributed by atoms with van der Waals surface area (Å²) in [5.74, 6) is -0.379. The lowest BCUT2D eigenvalue weighted by molar-refractivity contribution is -0.139. The smallest absolute Gasteiger partial charge is 0.338 e. The Labute approximate surface area is 180 Å². The molecular formula is C19H20BrIN2O4. The van der Waals surface area contributed by atoms with E-state index in [2.05, 4.69) is 44.6 Å². The lowest BCUT2D eigenvalue weighted by Crippen LogP contribution is -2.26. The Morgan fingerprint density at radius 3 is 2.74 bits per heavy atom. The third-order valence-corrected chi connectivity index (χ3v) is 5.16. The van der Waals surface area contributed by atoms with Crippen LogP contribution in [0.25, 0.3) is 0 Å². The molecule has 27 heavy (non-hydrogen) atoms. The SMILES string of the molecule is CCCOc1c(I)cc(Br)cc1C1C(C#N)=C(N)OC(C)=C1C(=O)OCC. The molecule has 0 bridgehead atoms. The summed E-state index contributed by atoms with van der Waals surface area (Å²) in [6, 6.07) is 5.83. The largest absolute Gasteiger partial charge is 0.492 e. The fourth-order valence-corrected chi connectivity index (χ4v) is 4.52. The van der Waals surface area contributed by atoms with Crippen LogP contribution in [0.5, 0.6) is 5.75 Å². The van der Waals surface area contributed by atoms with Crippen LogP contribution in [0.2, 0.25) is 0 Å². The molecule has 1 unspecified atom stereocenters. The van der Waals surface area contributed by atoms with E-state index in [-0.39, 0.29) is 23.6 Å². The van der Waals surface area contributed by atoms with Crippen molar-refractivity contribution in [3.05, 3.63) is 48.5 Å². The van der Waals surface area contributed by atoms with Crippen LogP contribution in [0.1, 0.15) is 38.7 Å². The average molecular weight is 547 g/mol. The maximum atomic E-state index is 12.7. The zero-order valence-corrected chi connectivity index (χ0v) is 19.0. The first-order chi connectivity index (χ1) is 12.8. The van der Waals surface area contributed by atoms with Crippen LogP contribution in [0, 0.1) is 14.9 Å². The summed E-state index contributed by atoms with van der Waals surface area (Å²) in [7, 11) is 0. The van der Waals surface area contributed by atoms with Crippen LogP contribution in [-0.2, 0) is 14.3 Å². The number of nitrogens with zero attached hydrogens (tertiary/aromatic N) is 1. The summed E-state index contributed by atoms with van der Waals surface area (Å²) in [4.78, 5) is 12.7. The predicted octanol–water partition coefficient (Wildman–Crippen LogP) is 4.49. The minimum absolute atomic E-state index is 0.0236. The van der Waals surface area contributed by atoms with E-state index < -0.39 is 11.9 Å². The van der Waals surface area contributed by atoms with Crippen molar-refractivity contribution in [3.8, 4) is 11.8 Å². The second-order valence-electron chi connectivity index (χ2n) is 5.77. The number of rotatable bonds is 6. The van der Waals surface area contributed by atoms with Gasteiger partial charge in [-0.15, -0.1) is 0 Å². The Morgan fingerprint density at radius 1 is 1.44 bits per heavy atom. The van der Waals surface area contributed by atoms with Gasteiger partial charge in [-0.05, 0) is 55.0 Å². The van der Waals surface area contributed by atoms with Crippen molar-refractivity contribution in [3.63, 3.8) is 0 Å². The fraction of sp³-hybridized carbons (Fsp3) is 0.368. The zero-order chi connectivity index (χ0) is 20.1. The van der Waals surface area contributed by atoms with Gasteiger partial charge in [-0.1, -0.05) is 22.9 Å². The first kappa shape index (κ1) is 21.6. The molecular weight excluding hydrogens is 527 g/mol. The van der Waals surface area contributed by atoms with E-state index in [0.717, 1.165) is 14.5 Å². The topological polar surface area (TPSA) is 94.6 Å². The minimum atomic E-state index is -0.735. The average Bonchev–Trinajstić information content (AvgIpc) is 2.60. The van der Waals surface area contributed by atoms with Gasteiger partial charge in [0.25, 0.3) is 0 Å². The van der Waals surface area contributed by atoms with Crippen LogP contribution < -0.4 is 10.5 Å². The second-order valence-corrected chi connectivity index (χ2v) is 7.85. The lowest BCUT2D eigenvalue weighted by atomic mass is 9.82. The highest BCUT2D eigenvalue weighted by atomic mass is 127. The predicted molar refractivity (Wildman–Crippen MR) is 113 cm³/mol. The highest BCUT2D eigenvalue weighted by Gasteiger charge is 2.38. The number of carbonyl (C=O) groups excluding carboxylic acids is 1. The van der Waals surface area contributed by atoms with Crippen molar-refractivity contribution in [2.24, 2.45) is 5.73 Å². The molecule has 0 aromatic heterocycles. The van der Waals surface area contributed by atoms with Gasteiger partial charge in [0.15, 0.2) is 0 Å². The van der Waals surface area contributed by atoms with Crippen LogP contribution >= 0.6 is 38.5 Å². The molecule has 1 aromatic rings. The summed E-state index contributed by atoms with van der Waals surface area (Å²) < 4.78 is 18.3. The van der Waals surface area contributed by atoms with Crippen molar-refractivity contribution >= 4 is 44.5 Å². The molecule has 0 aliphatic carbocycles. The lowest BCUT2D eigenvalue weighted by Gasteiger charge is -2.28. The quantitative estimate of drug-likeness (QED) is 0.417. The van der Waals surface area contributed by atoms with E-state index in [0.29, 0.717) is 23.7 Å². The summed E-state index contributed by atoms with van der Waals surface area (Å²) in [6.07, 6.45) is 0.821. The molecule has 8 heteroatoms. The standard InChI is InChI=1S/C19H20BrIN2O4/c1-4-6-26-17-12(7-11(20)8-14(17)21)16-13(9-22)18(23)27-10(3)15(16)19(24)25-5-2/h7-8,16H,4-6,23H2,1-3H3. The molecule has 2 rings (SSSR count). The van der Waals surface area contributed by atoms with E-state index in [4.69, 9.17) is 19.9 Å². The number of esters is 1. The number of allylic oxidation sites excluding steroid dienone is 2. The molecule has 2 N–H and O–H groups in total. The van der Waals surface area contributed by atoms with E-state index >= 15 is 0 Å². The molecule has 0 spiro atoms. The van der Waals surface area contributed by atoms with Gasteiger partial charge >= 0.3 is 5.97 Å². The maximum absolute atomic E-state index is 12.7. The van der Waals surface area contributed by atoms with Gasteiger partial charge in [0.05, 0.1) is 28.3 Å². The van der Waals surface area contributed by atoms with Crippen LogP contribution in [-0.4, -0.2) is 19.2 Å². The van der Waals surface area contributed by atoms with Gasteiger partial charge in [-0.3, -0.25) is 0 Å². The van der Waals surface area contributed by atoms with Gasteiger partial charge in [0.1, 0.15) is 23.2 Å². The molecule has 0 saturated carbocycles. The van der Waals surface area contributed by atoms with E-state index in [1.807, 2.05) is 19.1 Å². The van der Waals surface area contributed by atoms with Crippen molar-refractivity contribution in [2.45, 2.75) is 33.1 Å². The summed E-state index contributed by atoms with van der Waals surface area (Å²) in [5.41, 5.74) is 7.02. The monoisotopic (exact) mass is 546 g/mol. The Bertz CT molecular complexity index is 858. The Morgan fingerprint density at radius 2 is 2.15 bits per heavy atom. The summed E-state index contributed by atoms with van der Waals surface area (Å²) in [6.45, 7) is 6.08. The normalized spacial score (nSPS) is 16.7. The number of carbonyl (C=O) groups is 1. The molecule has 144 valence electrons. The number of ether oxygens (including phenoxy) is 3. The fourth-order valence-electron chi connectivity index (χ4n) is 2.82. The Balaban J connectivity index is 2.75. The van der Waals surface area contributed by atoms with Crippen molar-refractivity contribution in [1.82, 2.24) is 0 Å². The van der Waals surface area contributed by atoms with Gasteiger partial charge in [-0.25, -0.2) is 4.79 Å². The van der Waals surface area contributed by atoms with Gasteiger partial charge in [0, 0.05) is 10.0 Å². The molecule has 1 aromatic carbocycles. The number of nitriles is 1.